The smallest absolute Gasteiger partial charge is 0.262 e. The fraction of sp³-hybridized carbons (Fsp3) is 0.167. The molecule has 8 heteroatoms. The van der Waals surface area contributed by atoms with E-state index in [-0.39, 0.29) is 12.5 Å². The first-order valence-corrected chi connectivity index (χ1v) is 10.2. The molecule has 8 nitrogen and oxygen atoms in total. The molecule has 0 atom stereocenters. The van der Waals surface area contributed by atoms with Crippen molar-refractivity contribution in [2.45, 2.75) is 13.3 Å². The summed E-state index contributed by atoms with van der Waals surface area (Å²) in [7, 11) is 0. The predicted octanol–water partition coefficient (Wildman–Crippen LogP) is 4.14. The van der Waals surface area contributed by atoms with Gasteiger partial charge in [-0.15, -0.1) is 0 Å². The molecule has 0 aliphatic heterocycles. The molecule has 4 rings (SSSR count). The molecule has 1 amide bonds. The Morgan fingerprint density at radius 3 is 2.53 bits per heavy atom. The summed E-state index contributed by atoms with van der Waals surface area (Å²) >= 11 is 0. The summed E-state index contributed by atoms with van der Waals surface area (Å²) in [6.45, 7) is 2.40. The molecular weight excluding hydrogens is 408 g/mol. The second-order valence-corrected chi connectivity index (χ2v) is 6.83. The van der Waals surface area contributed by atoms with Gasteiger partial charge >= 0.3 is 0 Å². The normalized spacial score (nSPS) is 10.5. The van der Waals surface area contributed by atoms with E-state index in [1.165, 1.54) is 0 Å². The van der Waals surface area contributed by atoms with Crippen molar-refractivity contribution in [2.24, 2.45) is 0 Å². The number of carbonyl (C=O) groups excluding carboxylic acids is 1. The standard InChI is InChI=1S/C24H22N4O4/c1-2-30-19-9-11-20(12-10-19)31-16-22(29)26-21-8-4-3-6-17(21)14-23-27-24(28-32-23)18-7-5-13-25-15-18/h3-13,15H,2,14,16H2,1H3,(H,26,29). The molecule has 0 bridgehead atoms. The molecule has 2 aromatic carbocycles. The Kier molecular flexibility index (Phi) is 6.72. The zero-order valence-electron chi connectivity index (χ0n) is 17.5. The van der Waals surface area contributed by atoms with E-state index in [1.807, 2.05) is 43.3 Å². The Morgan fingerprint density at radius 2 is 1.78 bits per heavy atom. The summed E-state index contributed by atoms with van der Waals surface area (Å²) in [4.78, 5) is 20.9. The molecule has 0 fully saturated rings. The number of aromatic nitrogens is 3. The van der Waals surface area contributed by atoms with Crippen LogP contribution in [0.25, 0.3) is 11.4 Å². The maximum atomic E-state index is 12.4. The van der Waals surface area contributed by atoms with Gasteiger partial charge in [-0.3, -0.25) is 9.78 Å². The van der Waals surface area contributed by atoms with Gasteiger partial charge in [0, 0.05) is 23.6 Å². The maximum Gasteiger partial charge on any atom is 0.262 e. The number of hydrogen-bond donors (Lipinski definition) is 1. The number of nitrogens with zero attached hydrogens (tertiary/aromatic N) is 3. The Bertz CT molecular complexity index is 1160. The largest absolute Gasteiger partial charge is 0.494 e. The highest BCUT2D eigenvalue weighted by Gasteiger charge is 2.13. The van der Waals surface area contributed by atoms with E-state index in [2.05, 4.69) is 20.4 Å². The Morgan fingerprint density at radius 1 is 1.00 bits per heavy atom. The Balaban J connectivity index is 1.37. The van der Waals surface area contributed by atoms with E-state index in [0.29, 0.717) is 36.2 Å². The van der Waals surface area contributed by atoms with Crippen molar-refractivity contribution in [3.63, 3.8) is 0 Å². The zero-order valence-corrected chi connectivity index (χ0v) is 17.5. The van der Waals surface area contributed by atoms with Gasteiger partial charge < -0.3 is 19.3 Å². The van der Waals surface area contributed by atoms with Gasteiger partial charge in [0.2, 0.25) is 11.7 Å². The van der Waals surface area contributed by atoms with E-state index in [9.17, 15) is 4.79 Å². The zero-order chi connectivity index (χ0) is 22.2. The highest BCUT2D eigenvalue weighted by molar-refractivity contribution is 5.92. The topological polar surface area (TPSA) is 99.4 Å². The van der Waals surface area contributed by atoms with Crippen LogP contribution in [0.5, 0.6) is 11.5 Å². The summed E-state index contributed by atoms with van der Waals surface area (Å²) in [5.74, 6) is 1.99. The average molecular weight is 430 g/mol. The molecular formula is C24H22N4O4. The highest BCUT2D eigenvalue weighted by atomic mass is 16.5. The van der Waals surface area contributed by atoms with Gasteiger partial charge in [-0.05, 0) is 55.0 Å². The van der Waals surface area contributed by atoms with Crippen LogP contribution in [0.15, 0.2) is 77.6 Å². The van der Waals surface area contributed by atoms with Crippen LogP contribution in [0.2, 0.25) is 0 Å². The average Bonchev–Trinajstić information content (AvgIpc) is 3.29. The summed E-state index contributed by atoms with van der Waals surface area (Å²) in [5, 5.41) is 6.89. The lowest BCUT2D eigenvalue weighted by atomic mass is 10.1. The number of carbonyl (C=O) groups is 1. The van der Waals surface area contributed by atoms with E-state index in [4.69, 9.17) is 14.0 Å². The molecule has 4 aromatic rings. The number of ether oxygens (including phenoxy) is 2. The summed E-state index contributed by atoms with van der Waals surface area (Å²) in [5.41, 5.74) is 2.28. The lowest BCUT2D eigenvalue weighted by Crippen LogP contribution is -2.21. The van der Waals surface area contributed by atoms with Gasteiger partial charge in [-0.1, -0.05) is 23.4 Å². The first-order chi connectivity index (χ1) is 15.7. The minimum absolute atomic E-state index is 0.117. The van der Waals surface area contributed by atoms with E-state index >= 15 is 0 Å². The molecule has 2 aromatic heterocycles. The summed E-state index contributed by atoms with van der Waals surface area (Å²) in [6, 6.07) is 18.3. The fourth-order valence-corrected chi connectivity index (χ4v) is 3.03. The molecule has 0 spiro atoms. The third-order valence-corrected chi connectivity index (χ3v) is 4.53. The molecule has 0 saturated heterocycles. The van der Waals surface area contributed by atoms with Gasteiger partial charge in [0.15, 0.2) is 6.61 Å². The summed E-state index contributed by atoms with van der Waals surface area (Å²) < 4.78 is 16.3. The second kappa shape index (κ2) is 10.2. The second-order valence-electron chi connectivity index (χ2n) is 6.83. The molecule has 0 aliphatic rings. The third-order valence-electron chi connectivity index (χ3n) is 4.53. The van der Waals surface area contributed by atoms with Gasteiger partial charge in [0.25, 0.3) is 5.91 Å². The van der Waals surface area contributed by atoms with Gasteiger partial charge in [-0.25, -0.2) is 0 Å². The van der Waals surface area contributed by atoms with Crippen molar-refractivity contribution in [1.82, 2.24) is 15.1 Å². The maximum absolute atomic E-state index is 12.4. The van der Waals surface area contributed by atoms with Crippen molar-refractivity contribution in [2.75, 3.05) is 18.5 Å². The Hall–Kier alpha value is -4.20. The lowest BCUT2D eigenvalue weighted by molar-refractivity contribution is -0.118. The molecule has 0 radical (unpaired) electrons. The first kappa shape index (κ1) is 21.0. The SMILES string of the molecule is CCOc1ccc(OCC(=O)Nc2ccccc2Cc2nc(-c3cccnc3)no2)cc1. The van der Waals surface area contributed by atoms with Crippen LogP contribution in [-0.2, 0) is 11.2 Å². The molecule has 1 N–H and O–H groups in total. The molecule has 0 aliphatic carbocycles. The van der Waals surface area contributed by atoms with Crippen LogP contribution in [0, 0.1) is 0 Å². The van der Waals surface area contributed by atoms with Crippen molar-refractivity contribution >= 4 is 11.6 Å². The number of nitrogens with one attached hydrogen (secondary N) is 1. The predicted molar refractivity (Wildman–Crippen MR) is 119 cm³/mol. The Labute approximate surface area is 185 Å². The van der Waals surface area contributed by atoms with Crippen LogP contribution in [0.3, 0.4) is 0 Å². The molecule has 0 saturated carbocycles. The lowest BCUT2D eigenvalue weighted by Gasteiger charge is -2.11. The van der Waals surface area contributed by atoms with Crippen LogP contribution in [-0.4, -0.2) is 34.2 Å². The van der Waals surface area contributed by atoms with E-state index in [0.717, 1.165) is 16.9 Å². The minimum Gasteiger partial charge on any atom is -0.494 e. The summed E-state index contributed by atoms with van der Waals surface area (Å²) in [6.07, 6.45) is 3.74. The monoisotopic (exact) mass is 430 g/mol. The van der Waals surface area contributed by atoms with Crippen molar-refractivity contribution in [1.29, 1.82) is 0 Å². The van der Waals surface area contributed by atoms with Crippen molar-refractivity contribution in [3.8, 4) is 22.9 Å². The van der Waals surface area contributed by atoms with Gasteiger partial charge in [0.05, 0.1) is 13.0 Å². The highest BCUT2D eigenvalue weighted by Crippen LogP contribution is 2.21. The van der Waals surface area contributed by atoms with Crippen LogP contribution < -0.4 is 14.8 Å². The number of amides is 1. The third kappa shape index (κ3) is 5.48. The van der Waals surface area contributed by atoms with E-state index < -0.39 is 0 Å². The van der Waals surface area contributed by atoms with Crippen LogP contribution >= 0.6 is 0 Å². The van der Waals surface area contributed by atoms with Crippen molar-refractivity contribution < 1.29 is 18.8 Å². The molecule has 2 heterocycles. The van der Waals surface area contributed by atoms with Crippen LogP contribution in [0.4, 0.5) is 5.69 Å². The van der Waals surface area contributed by atoms with Gasteiger partial charge in [-0.2, -0.15) is 4.98 Å². The van der Waals surface area contributed by atoms with Crippen LogP contribution in [0.1, 0.15) is 18.4 Å². The molecule has 0 unspecified atom stereocenters. The van der Waals surface area contributed by atoms with Crippen molar-refractivity contribution in [3.05, 3.63) is 84.5 Å². The number of benzene rings is 2. The first-order valence-electron chi connectivity index (χ1n) is 10.2. The number of para-hydroxylation sites is 1. The molecule has 32 heavy (non-hydrogen) atoms. The fourth-order valence-electron chi connectivity index (χ4n) is 3.03. The molecule has 162 valence electrons. The number of hydrogen-bond acceptors (Lipinski definition) is 7. The number of rotatable bonds is 9. The quantitative estimate of drug-likeness (QED) is 0.426. The minimum atomic E-state index is -0.270. The number of anilines is 1. The van der Waals surface area contributed by atoms with E-state index in [1.54, 1.807) is 36.7 Å². The van der Waals surface area contributed by atoms with Gasteiger partial charge in [0.1, 0.15) is 11.5 Å². The number of pyridine rings is 1.